The number of nitrogens with zero attached hydrogens (tertiary/aromatic N) is 1. The zero-order valence-corrected chi connectivity index (χ0v) is 9.24. The molecule has 0 bridgehead atoms. The van der Waals surface area contributed by atoms with E-state index in [1.165, 1.54) is 0 Å². The molecule has 2 aromatic heterocycles. The topological polar surface area (TPSA) is 76.5 Å². The molecule has 0 amide bonds. The van der Waals surface area contributed by atoms with E-state index in [0.29, 0.717) is 11.5 Å². The van der Waals surface area contributed by atoms with Crippen LogP contribution < -0.4 is 0 Å². The van der Waals surface area contributed by atoms with Crippen LogP contribution >= 0.6 is 15.9 Å². The van der Waals surface area contributed by atoms with Crippen LogP contribution in [0, 0.1) is 6.92 Å². The summed E-state index contributed by atoms with van der Waals surface area (Å²) in [5.74, 6) is 0.283. The van der Waals surface area contributed by atoms with Gasteiger partial charge in [-0.2, -0.15) is 0 Å². The van der Waals surface area contributed by atoms with E-state index in [1.54, 1.807) is 19.1 Å². The summed E-state index contributed by atoms with van der Waals surface area (Å²) < 4.78 is 10.5. The zero-order chi connectivity index (χ0) is 11.0. The first kappa shape index (κ1) is 9.97. The van der Waals surface area contributed by atoms with Gasteiger partial charge in [-0.15, -0.1) is 0 Å². The molecule has 5 nitrogen and oxygen atoms in total. The smallest absolute Gasteiger partial charge is 0.359 e. The van der Waals surface area contributed by atoms with Gasteiger partial charge in [0.15, 0.2) is 5.76 Å². The lowest BCUT2D eigenvalue weighted by molar-refractivity contribution is 0.0685. The minimum atomic E-state index is -1.15. The van der Waals surface area contributed by atoms with Gasteiger partial charge in [0.1, 0.15) is 10.2 Å². The molecule has 2 heterocycles. The second-order valence-corrected chi connectivity index (χ2v) is 3.68. The number of rotatable bonds is 2. The third-order valence-corrected chi connectivity index (χ3v) is 2.54. The van der Waals surface area contributed by atoms with Crippen molar-refractivity contribution in [2.75, 3.05) is 0 Å². The highest BCUT2D eigenvalue weighted by molar-refractivity contribution is 9.10. The summed E-state index contributed by atoms with van der Waals surface area (Å²) >= 11 is 3.10. The van der Waals surface area contributed by atoms with Crippen molar-refractivity contribution in [3.05, 3.63) is 28.1 Å². The minimum Gasteiger partial charge on any atom is -0.476 e. The summed E-state index contributed by atoms with van der Waals surface area (Å²) in [5, 5.41) is 12.2. The van der Waals surface area contributed by atoms with Gasteiger partial charge in [-0.3, -0.25) is 0 Å². The molecule has 0 unspecified atom stereocenters. The van der Waals surface area contributed by atoms with Crippen molar-refractivity contribution in [1.29, 1.82) is 0 Å². The number of carboxylic acid groups (broad SMARTS) is 1. The Morgan fingerprint density at radius 3 is 2.73 bits per heavy atom. The van der Waals surface area contributed by atoms with Crippen LogP contribution in [0.15, 0.2) is 25.5 Å². The summed E-state index contributed by atoms with van der Waals surface area (Å²) in [5.41, 5.74) is -0.168. The molecule has 0 saturated heterocycles. The number of hydrogen-bond acceptors (Lipinski definition) is 4. The molecular weight excluding hydrogens is 266 g/mol. The number of hydrogen-bond donors (Lipinski definition) is 1. The monoisotopic (exact) mass is 271 g/mol. The normalized spacial score (nSPS) is 10.5. The molecule has 0 aliphatic heterocycles. The molecule has 6 heteroatoms. The van der Waals surface area contributed by atoms with E-state index in [4.69, 9.17) is 14.0 Å². The molecule has 0 spiro atoms. The number of furan rings is 1. The highest BCUT2D eigenvalue weighted by atomic mass is 79.9. The van der Waals surface area contributed by atoms with E-state index >= 15 is 0 Å². The maximum absolute atomic E-state index is 10.7. The highest BCUT2D eigenvalue weighted by Gasteiger charge is 2.22. The van der Waals surface area contributed by atoms with Crippen molar-refractivity contribution in [2.24, 2.45) is 0 Å². The molecule has 0 atom stereocenters. The number of aryl methyl sites for hydroxylation is 1. The van der Waals surface area contributed by atoms with Crippen LogP contribution in [0.2, 0.25) is 0 Å². The van der Waals surface area contributed by atoms with E-state index < -0.39 is 5.97 Å². The van der Waals surface area contributed by atoms with Crippen molar-refractivity contribution >= 4 is 21.9 Å². The quantitative estimate of drug-likeness (QED) is 0.909. The first-order chi connectivity index (χ1) is 7.09. The Labute approximate surface area is 92.8 Å². The van der Waals surface area contributed by atoms with Crippen LogP contribution in [-0.4, -0.2) is 16.2 Å². The average molecular weight is 272 g/mol. The van der Waals surface area contributed by atoms with E-state index in [1.807, 2.05) is 0 Å². The Bertz CT molecular complexity index is 514. The molecule has 0 aromatic carbocycles. The first-order valence-corrected chi connectivity index (χ1v) is 4.84. The van der Waals surface area contributed by atoms with Gasteiger partial charge in [0, 0.05) is 0 Å². The molecule has 15 heavy (non-hydrogen) atoms. The predicted octanol–water partition coefficient (Wildman–Crippen LogP) is 2.70. The largest absolute Gasteiger partial charge is 0.476 e. The Kier molecular flexibility index (Phi) is 2.36. The lowest BCUT2D eigenvalue weighted by Gasteiger charge is -1.89. The van der Waals surface area contributed by atoms with Gasteiger partial charge in [-0.1, -0.05) is 5.16 Å². The van der Waals surface area contributed by atoms with Crippen molar-refractivity contribution in [3.63, 3.8) is 0 Å². The van der Waals surface area contributed by atoms with Crippen molar-refractivity contribution in [1.82, 2.24) is 5.16 Å². The molecule has 0 aliphatic rings. The summed E-state index contributed by atoms with van der Waals surface area (Å²) in [6, 6.07) is 3.44. The van der Waals surface area contributed by atoms with Crippen LogP contribution in [0.25, 0.3) is 11.5 Å². The van der Waals surface area contributed by atoms with Crippen LogP contribution in [0.5, 0.6) is 0 Å². The van der Waals surface area contributed by atoms with E-state index in [0.717, 1.165) is 0 Å². The SMILES string of the molecule is Cc1ccc(-c2onc(C(=O)O)c2Br)o1. The maximum atomic E-state index is 10.7. The second-order valence-electron chi connectivity index (χ2n) is 2.89. The van der Waals surface area contributed by atoms with E-state index in [2.05, 4.69) is 21.1 Å². The van der Waals surface area contributed by atoms with Crippen LogP contribution in [0.3, 0.4) is 0 Å². The van der Waals surface area contributed by atoms with Crippen molar-refractivity contribution < 1.29 is 18.8 Å². The summed E-state index contributed by atoms with van der Waals surface area (Å²) in [7, 11) is 0. The number of carboxylic acids is 1. The van der Waals surface area contributed by atoms with Crippen molar-refractivity contribution in [3.8, 4) is 11.5 Å². The van der Waals surface area contributed by atoms with E-state index in [-0.39, 0.29) is 15.9 Å². The summed E-state index contributed by atoms with van der Waals surface area (Å²) in [6.07, 6.45) is 0. The molecule has 1 N–H and O–H groups in total. The van der Waals surface area contributed by atoms with Crippen LogP contribution in [0.1, 0.15) is 16.2 Å². The number of halogens is 1. The van der Waals surface area contributed by atoms with Gasteiger partial charge in [0.2, 0.25) is 11.5 Å². The minimum absolute atomic E-state index is 0.168. The van der Waals surface area contributed by atoms with Gasteiger partial charge in [0.25, 0.3) is 0 Å². The van der Waals surface area contributed by atoms with Crippen molar-refractivity contribution in [2.45, 2.75) is 6.92 Å². The molecule has 0 radical (unpaired) electrons. The highest BCUT2D eigenvalue weighted by Crippen LogP contribution is 2.32. The Morgan fingerprint density at radius 1 is 1.53 bits per heavy atom. The molecule has 2 rings (SSSR count). The van der Waals surface area contributed by atoms with Gasteiger partial charge in [0.05, 0.1) is 0 Å². The molecule has 78 valence electrons. The Hall–Kier alpha value is -1.56. The molecular formula is C9H6BrNO4. The lowest BCUT2D eigenvalue weighted by atomic mass is 10.3. The average Bonchev–Trinajstić information content (AvgIpc) is 2.71. The van der Waals surface area contributed by atoms with Gasteiger partial charge >= 0.3 is 5.97 Å². The van der Waals surface area contributed by atoms with Gasteiger partial charge in [-0.05, 0) is 35.0 Å². The van der Waals surface area contributed by atoms with Gasteiger partial charge in [-0.25, -0.2) is 4.79 Å². The fraction of sp³-hybridized carbons (Fsp3) is 0.111. The van der Waals surface area contributed by atoms with Gasteiger partial charge < -0.3 is 14.0 Å². The Morgan fingerprint density at radius 2 is 2.27 bits per heavy atom. The molecule has 0 fully saturated rings. The zero-order valence-electron chi connectivity index (χ0n) is 7.65. The Balaban J connectivity index is 2.50. The van der Waals surface area contributed by atoms with E-state index in [9.17, 15) is 4.79 Å². The maximum Gasteiger partial charge on any atom is 0.359 e. The standard InChI is InChI=1S/C9H6BrNO4/c1-4-2-3-5(14-4)8-6(10)7(9(12)13)11-15-8/h2-3H,1H3,(H,12,13). The number of carbonyl (C=O) groups is 1. The lowest BCUT2D eigenvalue weighted by Crippen LogP contribution is -1.96. The third-order valence-electron chi connectivity index (χ3n) is 1.80. The molecule has 0 aliphatic carbocycles. The number of aromatic carboxylic acids is 1. The summed E-state index contributed by atoms with van der Waals surface area (Å²) in [4.78, 5) is 10.7. The first-order valence-electron chi connectivity index (χ1n) is 4.05. The fourth-order valence-electron chi connectivity index (χ4n) is 1.12. The molecule has 0 saturated carbocycles. The number of aromatic nitrogens is 1. The van der Waals surface area contributed by atoms with Crippen LogP contribution in [-0.2, 0) is 0 Å². The summed E-state index contributed by atoms with van der Waals surface area (Å²) in [6.45, 7) is 1.78. The third kappa shape index (κ3) is 1.68. The second kappa shape index (κ2) is 3.54. The molecule has 2 aromatic rings. The van der Waals surface area contributed by atoms with Crippen LogP contribution in [0.4, 0.5) is 0 Å². The fourth-order valence-corrected chi connectivity index (χ4v) is 1.63. The predicted molar refractivity (Wildman–Crippen MR) is 53.6 cm³/mol.